The van der Waals surface area contributed by atoms with Gasteiger partial charge in [-0.3, -0.25) is 15.0 Å². The zero-order chi connectivity index (χ0) is 23.3. The number of aliphatic hydroxyl groups is 1. The third-order valence-corrected chi connectivity index (χ3v) is 6.40. The molecular formula is C24H19BrN4O4. The Bertz CT molecular complexity index is 1410. The Labute approximate surface area is 197 Å². The number of aromatic amines is 1. The predicted octanol–water partition coefficient (Wildman–Crippen LogP) is 4.67. The average molecular weight is 507 g/mol. The van der Waals surface area contributed by atoms with Crippen molar-refractivity contribution in [2.24, 2.45) is 0 Å². The Morgan fingerprint density at radius 3 is 2.73 bits per heavy atom. The first kappa shape index (κ1) is 21.2. The molecule has 0 bridgehead atoms. The Hall–Kier alpha value is -3.69. The van der Waals surface area contributed by atoms with E-state index < -0.39 is 11.8 Å². The summed E-state index contributed by atoms with van der Waals surface area (Å²) >= 11 is 3.55. The zero-order valence-electron chi connectivity index (χ0n) is 17.7. The molecule has 1 atom stereocenters. The first-order valence-electron chi connectivity index (χ1n) is 10.1. The maximum absolute atomic E-state index is 13.6. The van der Waals surface area contributed by atoms with Gasteiger partial charge in [0.25, 0.3) is 5.91 Å². The molecule has 33 heavy (non-hydrogen) atoms. The van der Waals surface area contributed by atoms with Crippen molar-refractivity contribution in [3.63, 3.8) is 0 Å². The summed E-state index contributed by atoms with van der Waals surface area (Å²) < 4.78 is 5.30. The van der Waals surface area contributed by atoms with Crippen molar-refractivity contribution in [2.75, 3.05) is 17.3 Å². The molecule has 2 heterocycles. The van der Waals surface area contributed by atoms with Gasteiger partial charge in [0.2, 0.25) is 5.95 Å². The molecule has 4 aromatic rings. The summed E-state index contributed by atoms with van der Waals surface area (Å²) in [6.07, 6.45) is -0.654. The first-order valence-corrected chi connectivity index (χ1v) is 10.9. The SMILES string of the molecule is COC(=O)Nc1nc2ccc(C3(O)c4ccccc4C(=O)N3c3c(C)cccc3Br)cc2[nH]1. The number of hydrogen-bond donors (Lipinski definition) is 3. The van der Waals surface area contributed by atoms with Gasteiger partial charge in [-0.25, -0.2) is 9.78 Å². The topological polar surface area (TPSA) is 108 Å². The lowest BCUT2D eigenvalue weighted by molar-refractivity contribution is 0.0702. The number of amides is 2. The minimum atomic E-state index is -1.77. The summed E-state index contributed by atoms with van der Waals surface area (Å²) in [4.78, 5) is 33.9. The van der Waals surface area contributed by atoms with Gasteiger partial charge in [-0.2, -0.15) is 0 Å². The maximum atomic E-state index is 13.6. The number of aryl methyl sites for hydroxylation is 1. The molecule has 3 aromatic carbocycles. The second-order valence-corrected chi connectivity index (χ2v) is 8.55. The Balaban J connectivity index is 1.72. The molecule has 0 aliphatic carbocycles. The van der Waals surface area contributed by atoms with Gasteiger partial charge < -0.3 is 14.8 Å². The van der Waals surface area contributed by atoms with E-state index in [1.807, 2.05) is 25.1 Å². The fraction of sp³-hybridized carbons (Fsp3) is 0.125. The summed E-state index contributed by atoms with van der Waals surface area (Å²) in [6, 6.07) is 17.8. The van der Waals surface area contributed by atoms with Crippen molar-refractivity contribution in [1.29, 1.82) is 0 Å². The van der Waals surface area contributed by atoms with Crippen LogP contribution in [0.2, 0.25) is 0 Å². The third kappa shape index (κ3) is 3.20. The quantitative estimate of drug-likeness (QED) is 0.374. The van der Waals surface area contributed by atoms with Crippen molar-refractivity contribution in [1.82, 2.24) is 9.97 Å². The molecule has 1 aliphatic heterocycles. The number of aromatic nitrogens is 2. The molecule has 0 spiro atoms. The van der Waals surface area contributed by atoms with E-state index in [4.69, 9.17) is 0 Å². The van der Waals surface area contributed by atoms with Crippen molar-refractivity contribution in [2.45, 2.75) is 12.6 Å². The fourth-order valence-corrected chi connectivity index (χ4v) is 4.89. The number of fused-ring (bicyclic) bond motifs is 2. The highest BCUT2D eigenvalue weighted by Crippen LogP contribution is 2.48. The highest BCUT2D eigenvalue weighted by atomic mass is 79.9. The molecule has 1 aromatic heterocycles. The summed E-state index contributed by atoms with van der Waals surface area (Å²) in [5.74, 6) is -0.0942. The number of nitrogens with zero attached hydrogens (tertiary/aromatic N) is 2. The molecule has 0 saturated carbocycles. The Morgan fingerprint density at radius 1 is 1.18 bits per heavy atom. The monoisotopic (exact) mass is 506 g/mol. The van der Waals surface area contributed by atoms with Gasteiger partial charge in [-0.15, -0.1) is 0 Å². The molecule has 3 N–H and O–H groups in total. The number of ether oxygens (including phenoxy) is 1. The largest absolute Gasteiger partial charge is 0.453 e. The fourth-order valence-electron chi connectivity index (χ4n) is 4.25. The van der Waals surface area contributed by atoms with E-state index in [2.05, 4.69) is 36.0 Å². The first-order chi connectivity index (χ1) is 15.8. The van der Waals surface area contributed by atoms with Crippen LogP contribution in [0.4, 0.5) is 16.4 Å². The van der Waals surface area contributed by atoms with Crippen molar-refractivity contribution >= 4 is 50.6 Å². The van der Waals surface area contributed by atoms with Crippen LogP contribution in [0.1, 0.15) is 27.0 Å². The summed E-state index contributed by atoms with van der Waals surface area (Å²) in [7, 11) is 1.26. The number of methoxy groups -OCH3 is 1. The van der Waals surface area contributed by atoms with Crippen LogP contribution < -0.4 is 10.2 Å². The Kier molecular flexibility index (Phi) is 4.95. The number of imidazole rings is 1. The van der Waals surface area contributed by atoms with Crippen LogP contribution in [0.15, 0.2) is 65.1 Å². The number of H-pyrrole nitrogens is 1. The molecule has 8 nitrogen and oxygen atoms in total. The molecule has 5 rings (SSSR count). The molecule has 0 radical (unpaired) electrons. The summed E-state index contributed by atoms with van der Waals surface area (Å²) in [5.41, 5.74) is 2.18. The van der Waals surface area contributed by atoms with Crippen LogP contribution >= 0.6 is 15.9 Å². The van der Waals surface area contributed by atoms with Crippen LogP contribution in [0.5, 0.6) is 0 Å². The third-order valence-electron chi connectivity index (χ3n) is 5.76. The van der Waals surface area contributed by atoms with Crippen LogP contribution in [0.3, 0.4) is 0 Å². The van der Waals surface area contributed by atoms with E-state index >= 15 is 0 Å². The molecular weight excluding hydrogens is 488 g/mol. The number of carbonyl (C=O) groups excluding carboxylic acids is 2. The van der Waals surface area contributed by atoms with Gasteiger partial charge in [-0.05, 0) is 52.7 Å². The standard InChI is InChI=1S/C24H19BrN4O4/c1-13-6-5-9-17(25)20(13)29-21(30)15-7-3-4-8-16(15)24(29,32)14-10-11-18-19(12-14)27-22(26-18)28-23(31)33-2/h3-12,32H,1-2H3,(H2,26,27,28,31). The van der Waals surface area contributed by atoms with E-state index in [-0.39, 0.29) is 11.9 Å². The van der Waals surface area contributed by atoms with E-state index in [1.165, 1.54) is 12.0 Å². The molecule has 0 fully saturated rings. The number of nitrogens with one attached hydrogen (secondary N) is 2. The molecule has 0 saturated heterocycles. The van der Waals surface area contributed by atoms with Crippen molar-refractivity contribution < 1.29 is 19.4 Å². The number of halogens is 1. The highest BCUT2D eigenvalue weighted by molar-refractivity contribution is 9.10. The number of benzene rings is 3. The van der Waals surface area contributed by atoms with Crippen molar-refractivity contribution in [3.8, 4) is 0 Å². The maximum Gasteiger partial charge on any atom is 0.413 e. The average Bonchev–Trinajstić information content (AvgIpc) is 3.31. The summed E-state index contributed by atoms with van der Waals surface area (Å²) in [6.45, 7) is 1.89. The van der Waals surface area contributed by atoms with Gasteiger partial charge in [0.05, 0.1) is 23.8 Å². The second kappa shape index (κ2) is 7.72. The van der Waals surface area contributed by atoms with Gasteiger partial charge >= 0.3 is 6.09 Å². The number of para-hydroxylation sites is 1. The zero-order valence-corrected chi connectivity index (χ0v) is 19.3. The lowest BCUT2D eigenvalue weighted by Gasteiger charge is -2.36. The molecule has 9 heteroatoms. The van der Waals surface area contributed by atoms with E-state index in [1.54, 1.807) is 42.5 Å². The van der Waals surface area contributed by atoms with Crippen LogP contribution in [0.25, 0.3) is 11.0 Å². The van der Waals surface area contributed by atoms with Gasteiger partial charge in [0.1, 0.15) is 0 Å². The lowest BCUT2D eigenvalue weighted by Crippen LogP contribution is -2.45. The second-order valence-electron chi connectivity index (χ2n) is 7.70. The van der Waals surface area contributed by atoms with E-state index in [0.717, 1.165) is 5.56 Å². The van der Waals surface area contributed by atoms with Crippen LogP contribution in [-0.4, -0.2) is 34.2 Å². The van der Waals surface area contributed by atoms with E-state index in [9.17, 15) is 14.7 Å². The minimum Gasteiger partial charge on any atom is -0.453 e. The number of carbonyl (C=O) groups is 2. The number of hydrogen-bond acceptors (Lipinski definition) is 5. The number of anilines is 2. The Morgan fingerprint density at radius 2 is 1.97 bits per heavy atom. The minimum absolute atomic E-state index is 0.211. The predicted molar refractivity (Wildman–Crippen MR) is 127 cm³/mol. The van der Waals surface area contributed by atoms with E-state index in [0.29, 0.717) is 37.9 Å². The smallest absolute Gasteiger partial charge is 0.413 e. The van der Waals surface area contributed by atoms with Gasteiger partial charge in [0, 0.05) is 21.2 Å². The van der Waals surface area contributed by atoms with Gasteiger partial charge in [-0.1, -0.05) is 36.4 Å². The lowest BCUT2D eigenvalue weighted by atomic mass is 9.93. The normalized spacial score (nSPS) is 17.3. The van der Waals surface area contributed by atoms with Crippen LogP contribution in [0, 0.1) is 6.92 Å². The van der Waals surface area contributed by atoms with Gasteiger partial charge in [0.15, 0.2) is 5.72 Å². The molecule has 166 valence electrons. The molecule has 2 amide bonds. The molecule has 1 aliphatic rings. The number of rotatable bonds is 3. The van der Waals surface area contributed by atoms with Crippen molar-refractivity contribution in [3.05, 3.63) is 87.4 Å². The highest BCUT2D eigenvalue weighted by Gasteiger charge is 2.51. The molecule has 1 unspecified atom stereocenters. The summed E-state index contributed by atoms with van der Waals surface area (Å²) in [5, 5.41) is 14.7. The van der Waals surface area contributed by atoms with Crippen LogP contribution in [-0.2, 0) is 10.5 Å².